The van der Waals surface area contributed by atoms with Gasteiger partial charge in [-0.3, -0.25) is 4.90 Å². The Balaban J connectivity index is 1.39. The number of carbonyl (C=O) groups excluding carboxylic acids is 1. The third-order valence-electron chi connectivity index (χ3n) is 6.02. The lowest BCUT2D eigenvalue weighted by Gasteiger charge is -2.44. The summed E-state index contributed by atoms with van der Waals surface area (Å²) in [7, 11) is 1.74. The SMILES string of the molecule is CCOC1CC2(CCN(C(=O)NCC3CCCN3CCOC)C2)C1. The van der Waals surface area contributed by atoms with Gasteiger partial charge in [0.2, 0.25) is 0 Å². The Labute approximate surface area is 145 Å². The van der Waals surface area contributed by atoms with Crippen molar-refractivity contribution in [2.45, 2.75) is 51.2 Å². The third kappa shape index (κ3) is 4.03. The van der Waals surface area contributed by atoms with Crippen LogP contribution in [0.2, 0.25) is 0 Å². The minimum absolute atomic E-state index is 0.116. The van der Waals surface area contributed by atoms with E-state index in [9.17, 15) is 4.79 Å². The molecule has 0 aromatic rings. The van der Waals surface area contributed by atoms with Gasteiger partial charge >= 0.3 is 6.03 Å². The lowest BCUT2D eigenvalue weighted by molar-refractivity contribution is -0.0704. The molecule has 1 N–H and O–H groups in total. The predicted octanol–water partition coefficient (Wildman–Crippen LogP) is 1.70. The number of methoxy groups -OCH3 is 1. The number of nitrogens with zero attached hydrogens (tertiary/aromatic N) is 2. The molecule has 3 aliphatic rings. The standard InChI is InChI=1S/C18H33N3O3/c1-3-24-16-11-18(12-16)6-8-21(14-18)17(22)19-13-15-5-4-7-20(15)9-10-23-2/h15-16H,3-14H2,1-2H3,(H,19,22). The van der Waals surface area contributed by atoms with Crippen molar-refractivity contribution < 1.29 is 14.3 Å². The highest BCUT2D eigenvalue weighted by molar-refractivity contribution is 5.74. The van der Waals surface area contributed by atoms with Crippen LogP contribution >= 0.6 is 0 Å². The molecule has 0 aromatic heterocycles. The lowest BCUT2D eigenvalue weighted by atomic mass is 9.66. The van der Waals surface area contributed by atoms with Crippen molar-refractivity contribution in [3.63, 3.8) is 0 Å². The van der Waals surface area contributed by atoms with Gasteiger partial charge in [-0.15, -0.1) is 0 Å². The topological polar surface area (TPSA) is 54.0 Å². The maximum Gasteiger partial charge on any atom is 0.317 e. The van der Waals surface area contributed by atoms with E-state index in [0.717, 1.165) is 65.2 Å². The molecule has 24 heavy (non-hydrogen) atoms. The van der Waals surface area contributed by atoms with Gasteiger partial charge in [-0.05, 0) is 51.0 Å². The number of hydrogen-bond acceptors (Lipinski definition) is 4. The zero-order chi connectivity index (χ0) is 17.0. The van der Waals surface area contributed by atoms with Crippen LogP contribution in [0.1, 0.15) is 39.0 Å². The Morgan fingerprint density at radius 3 is 2.92 bits per heavy atom. The van der Waals surface area contributed by atoms with E-state index in [4.69, 9.17) is 9.47 Å². The maximum atomic E-state index is 12.5. The van der Waals surface area contributed by atoms with E-state index < -0.39 is 0 Å². The number of carbonyl (C=O) groups is 1. The van der Waals surface area contributed by atoms with E-state index in [1.54, 1.807) is 7.11 Å². The average Bonchev–Trinajstić information content (AvgIpc) is 3.17. The summed E-state index contributed by atoms with van der Waals surface area (Å²) in [6.07, 6.45) is 6.19. The molecule has 2 saturated heterocycles. The molecule has 1 atom stereocenters. The van der Waals surface area contributed by atoms with E-state index in [2.05, 4.69) is 17.1 Å². The molecule has 1 spiro atoms. The van der Waals surface area contributed by atoms with Crippen molar-refractivity contribution in [1.82, 2.24) is 15.1 Å². The smallest absolute Gasteiger partial charge is 0.317 e. The average molecular weight is 339 g/mol. The molecule has 1 unspecified atom stereocenters. The second-order valence-electron chi connectivity index (χ2n) is 7.67. The molecule has 0 aromatic carbocycles. The predicted molar refractivity (Wildman–Crippen MR) is 93.1 cm³/mol. The van der Waals surface area contributed by atoms with Crippen LogP contribution in [0.3, 0.4) is 0 Å². The molecule has 0 bridgehead atoms. The summed E-state index contributed by atoms with van der Waals surface area (Å²) >= 11 is 0. The fraction of sp³-hybridized carbons (Fsp3) is 0.944. The zero-order valence-corrected chi connectivity index (χ0v) is 15.3. The van der Waals surface area contributed by atoms with Gasteiger partial charge in [-0.25, -0.2) is 4.79 Å². The molecule has 3 rings (SSSR count). The molecule has 1 aliphatic carbocycles. The van der Waals surface area contributed by atoms with Gasteiger partial charge in [0.1, 0.15) is 0 Å². The number of urea groups is 1. The first kappa shape index (κ1) is 18.0. The molecular weight excluding hydrogens is 306 g/mol. The summed E-state index contributed by atoms with van der Waals surface area (Å²) in [5.74, 6) is 0. The normalized spacial score (nSPS) is 33.2. The number of ether oxygens (including phenoxy) is 2. The highest BCUT2D eigenvalue weighted by atomic mass is 16.5. The van der Waals surface area contributed by atoms with Gasteiger partial charge in [-0.1, -0.05) is 0 Å². The highest BCUT2D eigenvalue weighted by Crippen LogP contribution is 2.49. The van der Waals surface area contributed by atoms with Crippen molar-refractivity contribution in [3.05, 3.63) is 0 Å². The Kier molecular flexibility index (Phi) is 6.00. The second kappa shape index (κ2) is 8.02. The minimum atomic E-state index is 0.116. The fourth-order valence-electron chi connectivity index (χ4n) is 4.65. The van der Waals surface area contributed by atoms with Gasteiger partial charge in [0.25, 0.3) is 0 Å². The van der Waals surface area contributed by atoms with E-state index >= 15 is 0 Å². The van der Waals surface area contributed by atoms with E-state index in [1.807, 2.05) is 4.90 Å². The summed E-state index contributed by atoms with van der Waals surface area (Å²) in [6.45, 7) is 8.25. The summed E-state index contributed by atoms with van der Waals surface area (Å²) in [4.78, 5) is 16.9. The molecular formula is C18H33N3O3. The van der Waals surface area contributed by atoms with Crippen LogP contribution < -0.4 is 5.32 Å². The van der Waals surface area contributed by atoms with Crippen LogP contribution in [-0.2, 0) is 9.47 Å². The Morgan fingerprint density at radius 2 is 2.17 bits per heavy atom. The van der Waals surface area contributed by atoms with Crippen molar-refractivity contribution in [2.75, 3.05) is 53.0 Å². The molecule has 6 nitrogen and oxygen atoms in total. The van der Waals surface area contributed by atoms with Crippen molar-refractivity contribution in [2.24, 2.45) is 5.41 Å². The first-order valence-corrected chi connectivity index (χ1v) is 9.53. The third-order valence-corrected chi connectivity index (χ3v) is 6.02. The van der Waals surface area contributed by atoms with Crippen LogP contribution in [-0.4, -0.2) is 81.0 Å². The summed E-state index contributed by atoms with van der Waals surface area (Å²) in [5.41, 5.74) is 0.342. The van der Waals surface area contributed by atoms with Crippen LogP contribution in [0.15, 0.2) is 0 Å². The van der Waals surface area contributed by atoms with Gasteiger partial charge in [0, 0.05) is 45.9 Å². The van der Waals surface area contributed by atoms with E-state index in [0.29, 0.717) is 17.6 Å². The molecule has 138 valence electrons. The number of rotatable bonds is 7. The highest BCUT2D eigenvalue weighted by Gasteiger charge is 2.49. The number of hydrogen-bond donors (Lipinski definition) is 1. The molecule has 6 heteroatoms. The fourth-order valence-corrected chi connectivity index (χ4v) is 4.65. The molecule has 2 aliphatic heterocycles. The van der Waals surface area contributed by atoms with E-state index in [1.165, 1.54) is 12.8 Å². The number of nitrogens with one attached hydrogen (secondary N) is 1. The first-order chi connectivity index (χ1) is 11.7. The second-order valence-corrected chi connectivity index (χ2v) is 7.67. The summed E-state index contributed by atoms with van der Waals surface area (Å²) < 4.78 is 10.9. The molecule has 2 heterocycles. The van der Waals surface area contributed by atoms with Crippen molar-refractivity contribution in [1.29, 1.82) is 0 Å². The first-order valence-electron chi connectivity index (χ1n) is 9.53. The summed E-state index contributed by atoms with van der Waals surface area (Å²) in [6, 6.07) is 0.581. The summed E-state index contributed by atoms with van der Waals surface area (Å²) in [5, 5.41) is 3.17. The minimum Gasteiger partial charge on any atom is -0.383 e. The van der Waals surface area contributed by atoms with Gasteiger partial charge in [-0.2, -0.15) is 0 Å². The largest absolute Gasteiger partial charge is 0.383 e. The quantitative estimate of drug-likeness (QED) is 0.767. The van der Waals surface area contributed by atoms with Gasteiger partial charge in [0.15, 0.2) is 0 Å². The van der Waals surface area contributed by atoms with Crippen LogP contribution in [0.5, 0.6) is 0 Å². The Morgan fingerprint density at radius 1 is 1.33 bits per heavy atom. The Bertz CT molecular complexity index is 426. The molecule has 3 fully saturated rings. The number of likely N-dealkylation sites (tertiary alicyclic amines) is 2. The number of amides is 2. The maximum absolute atomic E-state index is 12.5. The zero-order valence-electron chi connectivity index (χ0n) is 15.3. The molecule has 0 radical (unpaired) electrons. The van der Waals surface area contributed by atoms with Crippen molar-refractivity contribution in [3.8, 4) is 0 Å². The molecule has 1 saturated carbocycles. The van der Waals surface area contributed by atoms with Gasteiger partial charge in [0.05, 0.1) is 12.7 Å². The van der Waals surface area contributed by atoms with Crippen LogP contribution in [0.4, 0.5) is 4.79 Å². The van der Waals surface area contributed by atoms with E-state index in [-0.39, 0.29) is 6.03 Å². The van der Waals surface area contributed by atoms with Gasteiger partial charge < -0.3 is 19.7 Å². The monoisotopic (exact) mass is 339 g/mol. The lowest BCUT2D eigenvalue weighted by Crippen LogP contribution is -2.48. The Hall–Kier alpha value is -0.850. The van der Waals surface area contributed by atoms with Crippen LogP contribution in [0, 0.1) is 5.41 Å². The molecule has 2 amide bonds. The van der Waals surface area contributed by atoms with Crippen molar-refractivity contribution >= 4 is 6.03 Å². The van der Waals surface area contributed by atoms with Crippen LogP contribution in [0.25, 0.3) is 0 Å².